The van der Waals surface area contributed by atoms with E-state index in [0.717, 1.165) is 11.8 Å². The fourth-order valence-corrected chi connectivity index (χ4v) is 5.25. The van der Waals surface area contributed by atoms with Gasteiger partial charge in [-0.1, -0.05) is 30.0 Å². The van der Waals surface area contributed by atoms with Crippen LogP contribution < -0.4 is 15.8 Å². The molecule has 178 valence electrons. The van der Waals surface area contributed by atoms with Crippen LogP contribution in [0.2, 0.25) is 0 Å². The minimum absolute atomic E-state index is 0.142. The molecule has 0 bridgehead atoms. The van der Waals surface area contributed by atoms with Crippen LogP contribution in [-0.2, 0) is 19.1 Å². The summed E-state index contributed by atoms with van der Waals surface area (Å²) >= 11 is 6.41. The topological polar surface area (TPSA) is 113 Å². The van der Waals surface area contributed by atoms with E-state index in [1.54, 1.807) is 36.2 Å². The normalized spacial score (nSPS) is 19.8. The number of fused-ring (bicyclic) bond motifs is 1. The number of pyridine rings is 1. The largest absolute Gasteiger partial charge is 0.466 e. The highest BCUT2D eigenvalue weighted by molar-refractivity contribution is 8.26. The van der Waals surface area contributed by atoms with Crippen LogP contribution in [0.3, 0.4) is 0 Å². The van der Waals surface area contributed by atoms with Gasteiger partial charge in [0.1, 0.15) is 21.8 Å². The van der Waals surface area contributed by atoms with Gasteiger partial charge in [-0.3, -0.25) is 28.5 Å². The zero-order chi connectivity index (χ0) is 24.4. The van der Waals surface area contributed by atoms with Gasteiger partial charge in [0, 0.05) is 25.8 Å². The van der Waals surface area contributed by atoms with Crippen LogP contribution in [0, 0.1) is 0 Å². The molecule has 1 N–H and O–H groups in total. The molecule has 0 unspecified atom stereocenters. The zero-order valence-corrected chi connectivity index (χ0v) is 20.3. The quantitative estimate of drug-likeness (QED) is 0.354. The highest BCUT2D eigenvalue weighted by Gasteiger charge is 2.36. The molecule has 1 atom stereocenters. The second kappa shape index (κ2) is 9.94. The number of nitrogens with one attached hydrogen (secondary N) is 1. The molecule has 2 amide bonds. The minimum Gasteiger partial charge on any atom is -0.466 e. The molecule has 4 rings (SSSR count). The summed E-state index contributed by atoms with van der Waals surface area (Å²) in [5.41, 5.74) is 0.119. The van der Waals surface area contributed by atoms with E-state index in [-0.39, 0.29) is 36.2 Å². The van der Waals surface area contributed by atoms with Crippen molar-refractivity contribution < 1.29 is 19.1 Å². The molecule has 2 fully saturated rings. The third-order valence-corrected chi connectivity index (χ3v) is 6.86. The van der Waals surface area contributed by atoms with Gasteiger partial charge in [0.15, 0.2) is 0 Å². The lowest BCUT2D eigenvalue weighted by Gasteiger charge is -2.36. The highest BCUT2D eigenvalue weighted by Crippen LogP contribution is 2.33. The Bertz CT molecular complexity index is 1270. The van der Waals surface area contributed by atoms with E-state index >= 15 is 0 Å². The first kappa shape index (κ1) is 23.9. The molecule has 0 saturated carbocycles. The Morgan fingerprint density at radius 3 is 2.82 bits per heavy atom. The number of anilines is 1. The van der Waals surface area contributed by atoms with Crippen LogP contribution in [0.25, 0.3) is 11.7 Å². The lowest BCUT2D eigenvalue weighted by molar-refractivity contribution is -0.145. The van der Waals surface area contributed by atoms with Crippen LogP contribution in [0.15, 0.2) is 34.1 Å². The maximum absolute atomic E-state index is 13.5. The predicted molar refractivity (Wildman–Crippen MR) is 132 cm³/mol. The van der Waals surface area contributed by atoms with Gasteiger partial charge >= 0.3 is 5.97 Å². The number of carbonyl (C=O) groups excluding carboxylic acids is 3. The van der Waals surface area contributed by atoms with E-state index < -0.39 is 17.6 Å². The Labute approximate surface area is 204 Å². The fourth-order valence-electron chi connectivity index (χ4n) is 3.89. The number of ether oxygens (including phenoxy) is 1. The molecule has 34 heavy (non-hydrogen) atoms. The van der Waals surface area contributed by atoms with Gasteiger partial charge in [-0.25, -0.2) is 4.98 Å². The maximum atomic E-state index is 13.5. The van der Waals surface area contributed by atoms with E-state index in [9.17, 15) is 19.2 Å². The molecule has 2 aromatic heterocycles. The molecule has 0 aliphatic carbocycles. The van der Waals surface area contributed by atoms with Crippen molar-refractivity contribution in [3.63, 3.8) is 0 Å². The fraction of sp³-hybridized carbons (Fsp3) is 0.364. The molecule has 2 aromatic rings. The van der Waals surface area contributed by atoms with Crippen molar-refractivity contribution in [1.29, 1.82) is 0 Å². The Morgan fingerprint density at radius 1 is 1.32 bits per heavy atom. The number of carbonyl (C=O) groups is 3. The van der Waals surface area contributed by atoms with Crippen molar-refractivity contribution in [3.8, 4) is 0 Å². The number of amides is 2. The lowest BCUT2D eigenvalue weighted by atomic mass is 10.1. The van der Waals surface area contributed by atoms with Gasteiger partial charge < -0.3 is 15.0 Å². The molecule has 0 spiro atoms. The van der Waals surface area contributed by atoms with Gasteiger partial charge in [-0.2, -0.15) is 0 Å². The van der Waals surface area contributed by atoms with E-state index in [0.29, 0.717) is 34.5 Å². The van der Waals surface area contributed by atoms with E-state index in [4.69, 9.17) is 17.0 Å². The lowest BCUT2D eigenvalue weighted by Crippen LogP contribution is -2.57. The monoisotopic (exact) mass is 501 g/mol. The molecule has 2 aliphatic rings. The first-order valence-electron chi connectivity index (χ1n) is 10.8. The first-order chi connectivity index (χ1) is 16.3. The number of hydrogen-bond donors (Lipinski definition) is 1. The number of nitrogens with zero attached hydrogens (tertiary/aromatic N) is 4. The van der Waals surface area contributed by atoms with Gasteiger partial charge in [-0.05, 0) is 32.1 Å². The number of esters is 1. The third kappa shape index (κ3) is 4.42. The number of thiocarbonyl (C=S) groups is 1. The number of thioether (sulfide) groups is 1. The summed E-state index contributed by atoms with van der Waals surface area (Å²) < 4.78 is 6.83. The average Bonchev–Trinajstić information content (AvgIpc) is 3.09. The summed E-state index contributed by atoms with van der Waals surface area (Å²) in [5.74, 6) is -0.961. The highest BCUT2D eigenvalue weighted by atomic mass is 32.2. The second-order valence-corrected chi connectivity index (χ2v) is 9.19. The number of piperazine rings is 1. The average molecular weight is 502 g/mol. The Morgan fingerprint density at radius 2 is 2.12 bits per heavy atom. The van der Waals surface area contributed by atoms with E-state index in [1.165, 1.54) is 15.4 Å². The van der Waals surface area contributed by atoms with Gasteiger partial charge in [0.05, 0.1) is 23.5 Å². The first-order valence-corrected chi connectivity index (χ1v) is 12.0. The van der Waals surface area contributed by atoms with Crippen molar-refractivity contribution >= 4 is 63.6 Å². The van der Waals surface area contributed by atoms with Crippen molar-refractivity contribution in [2.75, 3.05) is 31.1 Å². The molecule has 2 aliphatic heterocycles. The van der Waals surface area contributed by atoms with Gasteiger partial charge in [-0.15, -0.1) is 0 Å². The van der Waals surface area contributed by atoms with Crippen molar-refractivity contribution in [2.45, 2.75) is 26.3 Å². The summed E-state index contributed by atoms with van der Waals surface area (Å²) in [6.07, 6.45) is 2.86. The minimum atomic E-state index is -0.914. The number of aromatic nitrogens is 2. The molecule has 10 nitrogen and oxygen atoms in total. The number of hydrogen-bond acceptors (Lipinski definition) is 9. The second-order valence-electron chi connectivity index (χ2n) is 7.52. The Kier molecular flexibility index (Phi) is 6.98. The zero-order valence-electron chi connectivity index (χ0n) is 18.6. The van der Waals surface area contributed by atoms with Crippen molar-refractivity contribution in [2.24, 2.45) is 0 Å². The summed E-state index contributed by atoms with van der Waals surface area (Å²) in [7, 11) is 0. The van der Waals surface area contributed by atoms with Crippen molar-refractivity contribution in [1.82, 2.24) is 19.6 Å². The maximum Gasteiger partial charge on any atom is 0.308 e. The summed E-state index contributed by atoms with van der Waals surface area (Å²) in [6.45, 7) is 4.74. The summed E-state index contributed by atoms with van der Waals surface area (Å²) in [6, 6.07) is 4.21. The van der Waals surface area contributed by atoms with Gasteiger partial charge in [0.25, 0.3) is 11.5 Å². The molecule has 4 heterocycles. The third-order valence-electron chi connectivity index (χ3n) is 5.48. The van der Waals surface area contributed by atoms with Crippen LogP contribution in [0.5, 0.6) is 0 Å². The molecular formula is C22H23N5O5S2. The SMILES string of the molecule is CCOC(=O)C[C@H]1C(=O)NCCN1c1nc2ccccn2c(=O)c1/C=C1\SC(=S)N(CC)C1=O. The van der Waals surface area contributed by atoms with Crippen molar-refractivity contribution in [3.05, 3.63) is 45.2 Å². The molecular weight excluding hydrogens is 478 g/mol. The van der Waals surface area contributed by atoms with Crippen LogP contribution in [-0.4, -0.2) is 68.7 Å². The number of likely N-dealkylation sites (N-methyl/N-ethyl adjacent to an activating group) is 1. The van der Waals surface area contributed by atoms with Crippen LogP contribution in [0.1, 0.15) is 25.8 Å². The van der Waals surface area contributed by atoms with E-state index in [2.05, 4.69) is 10.3 Å². The standard InChI is InChI=1S/C22H23N5O5S2/c1-3-25-21(31)15(34-22(25)33)11-13-18(24-16-7-5-6-9-27(16)20(13)30)26-10-8-23-19(29)14(26)12-17(28)32-4-2/h5-7,9,11,14H,3-4,8,10,12H2,1-2H3,(H,23,29)/b15-11-/t14-/m0/s1. The smallest absolute Gasteiger partial charge is 0.308 e. The molecule has 0 radical (unpaired) electrons. The molecule has 12 heteroatoms. The van der Waals surface area contributed by atoms with Crippen LogP contribution in [0.4, 0.5) is 5.82 Å². The molecule has 2 saturated heterocycles. The number of rotatable bonds is 6. The Balaban J connectivity index is 1.88. The predicted octanol–water partition coefficient (Wildman–Crippen LogP) is 1.17. The molecule has 0 aromatic carbocycles. The van der Waals surface area contributed by atoms with E-state index in [1.807, 2.05) is 6.92 Å². The summed E-state index contributed by atoms with van der Waals surface area (Å²) in [5, 5.41) is 2.75. The van der Waals surface area contributed by atoms with Crippen LogP contribution >= 0.6 is 24.0 Å². The van der Waals surface area contributed by atoms with Gasteiger partial charge in [0.2, 0.25) is 5.91 Å². The summed E-state index contributed by atoms with van der Waals surface area (Å²) in [4.78, 5) is 59.4. The Hall–Kier alpha value is -3.25.